The van der Waals surface area contributed by atoms with Gasteiger partial charge in [-0.3, -0.25) is 4.79 Å². The van der Waals surface area contributed by atoms with E-state index in [1.54, 1.807) is 6.92 Å². The molecule has 0 aliphatic heterocycles. The third-order valence-electron chi connectivity index (χ3n) is 0.871. The minimum absolute atomic E-state index is 0.241. The van der Waals surface area contributed by atoms with E-state index in [1.165, 1.54) is 0 Å². The summed E-state index contributed by atoms with van der Waals surface area (Å²) in [4.78, 5) is 10.7. The van der Waals surface area contributed by atoms with Crippen molar-refractivity contribution >= 4 is 83.0 Å². The van der Waals surface area contributed by atoms with Crippen molar-refractivity contribution in [1.82, 2.24) is 0 Å². The molecule has 0 fully saturated rings. The highest BCUT2D eigenvalue weighted by atomic mass is 127. The van der Waals surface area contributed by atoms with Crippen molar-refractivity contribution in [2.75, 3.05) is 6.61 Å². The fourth-order valence-corrected chi connectivity index (χ4v) is 0.862. The van der Waals surface area contributed by atoms with Crippen LogP contribution in [-0.2, 0) is 9.53 Å². The summed E-state index contributed by atoms with van der Waals surface area (Å²) in [7, 11) is 0. The highest BCUT2D eigenvalue weighted by Gasteiger charge is 2.10. The van der Waals surface area contributed by atoms with Crippen molar-refractivity contribution in [2.45, 2.75) is 11.8 Å². The van der Waals surface area contributed by atoms with Crippen LogP contribution in [0.4, 0.5) is 0 Å². The first-order valence-electron chi connectivity index (χ1n) is 2.95. The standard InChI is InChI=1S/C6H6Br2I2O2/c1-3(7)6(11)12-2-4(9)5(8)10/h3H,2H2,1H3/b5-4-. The van der Waals surface area contributed by atoms with Gasteiger partial charge in [0.2, 0.25) is 0 Å². The molecule has 2 nitrogen and oxygen atoms in total. The number of alkyl halides is 1. The highest BCUT2D eigenvalue weighted by Crippen LogP contribution is 2.24. The van der Waals surface area contributed by atoms with Gasteiger partial charge in [0.25, 0.3) is 0 Å². The van der Waals surface area contributed by atoms with E-state index >= 15 is 0 Å². The Labute approximate surface area is 115 Å². The Morgan fingerprint density at radius 1 is 1.58 bits per heavy atom. The fraction of sp³-hybridized carbons (Fsp3) is 0.500. The minimum atomic E-state index is -0.241. The van der Waals surface area contributed by atoms with Crippen LogP contribution in [0.25, 0.3) is 0 Å². The van der Waals surface area contributed by atoms with E-state index < -0.39 is 0 Å². The topological polar surface area (TPSA) is 26.3 Å². The molecule has 0 spiro atoms. The molecule has 0 aliphatic carbocycles. The molecule has 1 atom stereocenters. The Morgan fingerprint density at radius 3 is 2.42 bits per heavy atom. The van der Waals surface area contributed by atoms with Crippen LogP contribution in [0.1, 0.15) is 6.92 Å². The zero-order valence-electron chi connectivity index (χ0n) is 6.11. The first-order chi connectivity index (χ1) is 5.45. The molecule has 0 saturated heterocycles. The van der Waals surface area contributed by atoms with Gasteiger partial charge in [-0.2, -0.15) is 0 Å². The summed E-state index contributed by atoms with van der Waals surface area (Å²) in [5, 5.41) is 0. The van der Waals surface area contributed by atoms with Crippen molar-refractivity contribution < 1.29 is 9.53 Å². The van der Waals surface area contributed by atoms with Crippen LogP contribution in [0.15, 0.2) is 6.07 Å². The zero-order valence-corrected chi connectivity index (χ0v) is 13.6. The summed E-state index contributed by atoms with van der Waals surface area (Å²) >= 11 is 10.6. The predicted molar refractivity (Wildman–Crippen MR) is 73.3 cm³/mol. The maximum Gasteiger partial charge on any atom is 0.319 e. The van der Waals surface area contributed by atoms with E-state index in [9.17, 15) is 4.79 Å². The monoisotopic (exact) mass is 522 g/mol. The number of hydrogen-bond acceptors (Lipinski definition) is 2. The Bertz CT molecular complexity index is 200. The van der Waals surface area contributed by atoms with E-state index in [4.69, 9.17) is 4.74 Å². The Kier molecular flexibility index (Phi) is 7.94. The van der Waals surface area contributed by atoms with Gasteiger partial charge in [0.1, 0.15) is 11.4 Å². The summed E-state index contributed by atoms with van der Waals surface area (Å²) < 4.78 is 6.89. The van der Waals surface area contributed by atoms with Crippen molar-refractivity contribution in [3.05, 3.63) is 6.07 Å². The molecule has 6 heteroatoms. The van der Waals surface area contributed by atoms with Crippen LogP contribution in [-0.4, -0.2) is 17.4 Å². The number of rotatable bonds is 3. The van der Waals surface area contributed by atoms with Crippen LogP contribution in [0.3, 0.4) is 0 Å². The lowest BCUT2D eigenvalue weighted by molar-refractivity contribution is -0.141. The number of ether oxygens (including phenoxy) is 1. The Balaban J connectivity index is 3.85. The van der Waals surface area contributed by atoms with Gasteiger partial charge in [0, 0.05) is 3.58 Å². The van der Waals surface area contributed by atoms with Crippen LogP contribution in [0.5, 0.6) is 0 Å². The average Bonchev–Trinajstić information content (AvgIpc) is 1.98. The zero-order chi connectivity index (χ0) is 9.72. The molecular formula is C6H6Br2I2O2. The average molecular weight is 524 g/mol. The summed E-state index contributed by atoms with van der Waals surface area (Å²) in [6, 6.07) is 0. The van der Waals surface area contributed by atoms with Crippen LogP contribution in [0.2, 0.25) is 0 Å². The van der Waals surface area contributed by atoms with Crippen LogP contribution < -0.4 is 0 Å². The second-order valence-corrected chi connectivity index (χ2v) is 7.92. The van der Waals surface area contributed by atoms with Crippen LogP contribution in [0, 0.1) is 0 Å². The summed E-state index contributed by atoms with van der Waals surface area (Å²) in [5.74, 6) is -0.241. The molecule has 0 heterocycles. The first kappa shape index (κ1) is 13.6. The molecule has 1 unspecified atom stereocenters. The lowest BCUT2D eigenvalue weighted by atomic mass is 10.5. The molecular weight excluding hydrogens is 518 g/mol. The summed E-state index contributed by atoms with van der Waals surface area (Å²) in [6.07, 6.45) is 0. The molecule has 0 amide bonds. The molecule has 0 aliphatic rings. The SMILES string of the molecule is CC(Br)C(=O)OC/C(I)=C(\Br)I. The van der Waals surface area contributed by atoms with Gasteiger partial charge < -0.3 is 4.74 Å². The van der Waals surface area contributed by atoms with Crippen LogP contribution >= 0.6 is 77.0 Å². The van der Waals surface area contributed by atoms with Crippen molar-refractivity contribution in [1.29, 1.82) is 0 Å². The Morgan fingerprint density at radius 2 is 2.08 bits per heavy atom. The molecule has 0 bridgehead atoms. The smallest absolute Gasteiger partial charge is 0.319 e. The van der Waals surface area contributed by atoms with Crippen molar-refractivity contribution in [3.63, 3.8) is 0 Å². The lowest BCUT2D eigenvalue weighted by Crippen LogP contribution is -2.14. The molecule has 0 aromatic carbocycles. The normalized spacial score (nSPS) is 15.1. The van der Waals surface area contributed by atoms with E-state index in [0.717, 1.165) is 6.07 Å². The van der Waals surface area contributed by atoms with Crippen molar-refractivity contribution in [3.8, 4) is 0 Å². The number of esters is 1. The molecule has 70 valence electrons. The van der Waals surface area contributed by atoms with E-state index in [0.29, 0.717) is 6.61 Å². The molecule has 12 heavy (non-hydrogen) atoms. The fourth-order valence-electron chi connectivity index (χ4n) is 0.304. The Hall–Kier alpha value is 1.63. The third kappa shape index (κ3) is 6.14. The van der Waals surface area contributed by atoms with Gasteiger partial charge >= 0.3 is 5.97 Å². The number of carbonyl (C=O) groups excluding carboxylic acids is 1. The molecule has 0 rings (SSSR count). The number of halogens is 4. The largest absolute Gasteiger partial charge is 0.459 e. The van der Waals surface area contributed by atoms with Crippen molar-refractivity contribution in [2.24, 2.45) is 0 Å². The van der Waals surface area contributed by atoms with E-state index in [-0.39, 0.29) is 10.8 Å². The molecule has 0 aromatic rings. The molecule has 0 aromatic heterocycles. The summed E-state index contributed by atoms with van der Waals surface area (Å²) in [6.45, 7) is 2.07. The van der Waals surface area contributed by atoms with E-state index in [1.807, 2.05) is 0 Å². The lowest BCUT2D eigenvalue weighted by Gasteiger charge is -2.05. The molecule has 0 N–H and O–H groups in total. The maximum absolute atomic E-state index is 11.0. The second kappa shape index (κ2) is 6.99. The van der Waals surface area contributed by atoms with Gasteiger partial charge in [-0.25, -0.2) is 0 Å². The number of carbonyl (C=O) groups is 1. The van der Waals surface area contributed by atoms with E-state index in [2.05, 4.69) is 77.0 Å². The molecule has 0 radical (unpaired) electrons. The quantitative estimate of drug-likeness (QED) is 0.320. The highest BCUT2D eigenvalue weighted by molar-refractivity contribution is 14.1. The van der Waals surface area contributed by atoms with Gasteiger partial charge in [-0.15, -0.1) is 0 Å². The third-order valence-corrected chi connectivity index (χ3v) is 5.00. The summed E-state index contributed by atoms with van der Waals surface area (Å²) in [5.41, 5.74) is 0. The van der Waals surface area contributed by atoms with Gasteiger partial charge in [-0.1, -0.05) is 15.9 Å². The minimum Gasteiger partial charge on any atom is -0.459 e. The second-order valence-electron chi connectivity index (χ2n) is 1.89. The maximum atomic E-state index is 11.0. The first-order valence-corrected chi connectivity index (χ1v) is 6.82. The molecule has 0 saturated carbocycles. The number of hydrogen-bond donors (Lipinski definition) is 0. The predicted octanol–water partition coefficient (Wildman–Crippen LogP) is 3.75. The van der Waals surface area contributed by atoms with Gasteiger partial charge in [0.05, 0.1) is 2.49 Å². The van der Waals surface area contributed by atoms with Gasteiger partial charge in [-0.05, 0) is 68.0 Å². The van der Waals surface area contributed by atoms with Gasteiger partial charge in [0.15, 0.2) is 0 Å².